The summed E-state index contributed by atoms with van der Waals surface area (Å²) in [4.78, 5) is 13.7. The summed E-state index contributed by atoms with van der Waals surface area (Å²) in [5, 5.41) is 0. The third-order valence-corrected chi connectivity index (χ3v) is 3.34. The predicted molar refractivity (Wildman–Crippen MR) is 64.4 cm³/mol. The van der Waals surface area contributed by atoms with E-state index in [9.17, 15) is 4.79 Å². The highest BCUT2D eigenvalue weighted by molar-refractivity contribution is 4.99. The fourth-order valence-corrected chi connectivity index (χ4v) is 2.12. The Hall–Kier alpha value is -1.13. The molecule has 0 radical (unpaired) electrons. The molecule has 1 fully saturated rings. The molecule has 1 aliphatic rings. The topological polar surface area (TPSA) is 51.3 Å². The van der Waals surface area contributed by atoms with E-state index in [1.807, 2.05) is 12.3 Å². The second-order valence-corrected chi connectivity index (χ2v) is 4.66. The second-order valence-electron chi connectivity index (χ2n) is 4.66. The summed E-state index contributed by atoms with van der Waals surface area (Å²) in [6.07, 6.45) is 2.85. The van der Waals surface area contributed by atoms with Gasteiger partial charge in [0.05, 0.1) is 0 Å². The molecule has 0 bridgehead atoms. The van der Waals surface area contributed by atoms with Gasteiger partial charge in [0.1, 0.15) is 0 Å². The van der Waals surface area contributed by atoms with Crippen molar-refractivity contribution < 1.29 is 0 Å². The average Bonchev–Trinajstić information content (AvgIpc) is 2.25. The molecule has 0 aliphatic carbocycles. The third-order valence-electron chi connectivity index (χ3n) is 3.34. The Morgan fingerprint density at radius 2 is 2.12 bits per heavy atom. The molecule has 0 spiro atoms. The van der Waals surface area contributed by atoms with Gasteiger partial charge in [0.25, 0.3) is 5.56 Å². The quantitative estimate of drug-likeness (QED) is 0.794. The molecule has 1 aromatic rings. The molecule has 0 unspecified atom stereocenters. The second kappa shape index (κ2) is 4.39. The Morgan fingerprint density at radius 3 is 2.75 bits per heavy atom. The minimum absolute atomic E-state index is 0.0155. The van der Waals surface area contributed by atoms with E-state index in [1.165, 1.54) is 0 Å². The summed E-state index contributed by atoms with van der Waals surface area (Å²) in [5.41, 5.74) is 6.16. The van der Waals surface area contributed by atoms with Crippen LogP contribution in [0.3, 0.4) is 0 Å². The summed E-state index contributed by atoms with van der Waals surface area (Å²) in [6.45, 7) is 5.68. The molecule has 2 rings (SSSR count). The Kier molecular flexibility index (Phi) is 3.12. The summed E-state index contributed by atoms with van der Waals surface area (Å²) in [5.74, 6) is 0. The van der Waals surface area contributed by atoms with E-state index in [0.717, 1.165) is 32.6 Å². The molecule has 0 aromatic carbocycles. The molecule has 2 heterocycles. The van der Waals surface area contributed by atoms with E-state index in [4.69, 9.17) is 5.73 Å². The van der Waals surface area contributed by atoms with Gasteiger partial charge in [0.2, 0.25) is 0 Å². The van der Waals surface area contributed by atoms with Crippen LogP contribution in [0.5, 0.6) is 0 Å². The normalized spacial score (nSPS) is 19.4. The van der Waals surface area contributed by atoms with Crippen LogP contribution in [0.4, 0.5) is 0 Å². The van der Waals surface area contributed by atoms with Crippen LogP contribution in [-0.2, 0) is 6.54 Å². The lowest BCUT2D eigenvalue weighted by Gasteiger charge is -2.47. The first-order valence-corrected chi connectivity index (χ1v) is 5.80. The number of hydrogen-bond acceptors (Lipinski definition) is 3. The van der Waals surface area contributed by atoms with Gasteiger partial charge in [-0.25, -0.2) is 0 Å². The summed E-state index contributed by atoms with van der Waals surface area (Å²) in [6, 6.07) is 5.25. The maximum Gasteiger partial charge on any atom is 0.250 e. The van der Waals surface area contributed by atoms with Crippen LogP contribution in [0.15, 0.2) is 29.2 Å². The van der Waals surface area contributed by atoms with Gasteiger partial charge < -0.3 is 10.3 Å². The molecule has 1 saturated heterocycles. The van der Waals surface area contributed by atoms with Gasteiger partial charge in [-0.15, -0.1) is 0 Å². The lowest BCUT2D eigenvalue weighted by atomic mass is 9.88. The maximum absolute atomic E-state index is 11.4. The van der Waals surface area contributed by atoms with E-state index < -0.39 is 0 Å². The smallest absolute Gasteiger partial charge is 0.250 e. The number of aromatic nitrogens is 1. The van der Waals surface area contributed by atoms with Crippen LogP contribution >= 0.6 is 0 Å². The Bertz CT molecular complexity index is 407. The number of hydrogen-bond donors (Lipinski definition) is 1. The zero-order valence-electron chi connectivity index (χ0n) is 9.72. The highest BCUT2D eigenvalue weighted by Gasteiger charge is 2.36. The van der Waals surface area contributed by atoms with Crippen LogP contribution in [0.25, 0.3) is 0 Å². The van der Waals surface area contributed by atoms with E-state index in [0.29, 0.717) is 0 Å². The van der Waals surface area contributed by atoms with Crippen LogP contribution < -0.4 is 11.3 Å². The standard InChI is InChI=1S/C12H19N3O/c1-2-12(13)9-14(10-12)7-8-15-6-4-3-5-11(15)16/h3-6H,2,7-10,13H2,1H3. The third kappa shape index (κ3) is 2.33. The van der Waals surface area contributed by atoms with E-state index in [2.05, 4.69) is 11.8 Å². The highest BCUT2D eigenvalue weighted by atomic mass is 16.1. The summed E-state index contributed by atoms with van der Waals surface area (Å²) < 4.78 is 1.74. The average molecular weight is 221 g/mol. The van der Waals surface area contributed by atoms with Crippen molar-refractivity contribution in [1.82, 2.24) is 9.47 Å². The van der Waals surface area contributed by atoms with Crippen molar-refractivity contribution >= 4 is 0 Å². The van der Waals surface area contributed by atoms with E-state index in [-0.39, 0.29) is 11.1 Å². The van der Waals surface area contributed by atoms with Gasteiger partial charge in [-0.1, -0.05) is 13.0 Å². The highest BCUT2D eigenvalue weighted by Crippen LogP contribution is 2.20. The van der Waals surface area contributed by atoms with Crippen molar-refractivity contribution in [1.29, 1.82) is 0 Å². The zero-order valence-corrected chi connectivity index (χ0v) is 9.72. The Labute approximate surface area is 95.7 Å². The van der Waals surface area contributed by atoms with Crippen molar-refractivity contribution in [3.63, 3.8) is 0 Å². The van der Waals surface area contributed by atoms with Crippen LogP contribution in [0, 0.1) is 0 Å². The van der Waals surface area contributed by atoms with Crippen molar-refractivity contribution in [2.75, 3.05) is 19.6 Å². The van der Waals surface area contributed by atoms with E-state index >= 15 is 0 Å². The van der Waals surface area contributed by atoms with Crippen molar-refractivity contribution in [3.8, 4) is 0 Å². The molecule has 88 valence electrons. The number of nitrogens with two attached hydrogens (primary N) is 1. The van der Waals surface area contributed by atoms with Gasteiger partial charge in [-0.05, 0) is 12.5 Å². The monoisotopic (exact) mass is 221 g/mol. The lowest BCUT2D eigenvalue weighted by Crippen LogP contribution is -2.67. The molecule has 1 aliphatic heterocycles. The van der Waals surface area contributed by atoms with Gasteiger partial charge >= 0.3 is 0 Å². The molecule has 2 N–H and O–H groups in total. The molecule has 4 nitrogen and oxygen atoms in total. The molecule has 4 heteroatoms. The van der Waals surface area contributed by atoms with Crippen LogP contribution in [0.2, 0.25) is 0 Å². The number of pyridine rings is 1. The molecule has 0 amide bonds. The Balaban J connectivity index is 1.82. The van der Waals surface area contributed by atoms with E-state index in [1.54, 1.807) is 16.7 Å². The lowest BCUT2D eigenvalue weighted by molar-refractivity contribution is 0.0644. The number of likely N-dealkylation sites (tertiary alicyclic amines) is 1. The van der Waals surface area contributed by atoms with Gasteiger partial charge in [0.15, 0.2) is 0 Å². The zero-order chi connectivity index (χ0) is 11.6. The van der Waals surface area contributed by atoms with Crippen molar-refractivity contribution in [2.24, 2.45) is 5.73 Å². The molecule has 16 heavy (non-hydrogen) atoms. The van der Waals surface area contributed by atoms with Crippen molar-refractivity contribution in [3.05, 3.63) is 34.7 Å². The minimum Gasteiger partial charge on any atom is -0.323 e. The molecular weight excluding hydrogens is 202 g/mol. The minimum atomic E-state index is 0.0155. The SMILES string of the molecule is CCC1(N)CN(CCn2ccccc2=O)C1. The first-order chi connectivity index (χ1) is 7.63. The van der Waals surface area contributed by atoms with Crippen LogP contribution in [-0.4, -0.2) is 34.6 Å². The number of nitrogens with zero attached hydrogens (tertiary/aromatic N) is 2. The van der Waals surface area contributed by atoms with Gasteiger partial charge in [-0.2, -0.15) is 0 Å². The number of rotatable bonds is 4. The summed E-state index contributed by atoms with van der Waals surface area (Å²) in [7, 11) is 0. The predicted octanol–water partition coefficient (Wildman–Crippen LogP) is 0.271. The molecular formula is C12H19N3O. The fraction of sp³-hybridized carbons (Fsp3) is 0.583. The largest absolute Gasteiger partial charge is 0.323 e. The molecule has 0 atom stereocenters. The first kappa shape index (κ1) is 11.4. The summed E-state index contributed by atoms with van der Waals surface area (Å²) >= 11 is 0. The van der Waals surface area contributed by atoms with Crippen molar-refractivity contribution in [2.45, 2.75) is 25.4 Å². The van der Waals surface area contributed by atoms with Gasteiger partial charge in [-0.3, -0.25) is 9.69 Å². The van der Waals surface area contributed by atoms with Crippen LogP contribution in [0.1, 0.15) is 13.3 Å². The molecule has 1 aromatic heterocycles. The van der Waals surface area contributed by atoms with Gasteiger partial charge in [0, 0.05) is 44.0 Å². The Morgan fingerprint density at radius 1 is 1.38 bits per heavy atom. The molecule has 0 saturated carbocycles. The fourth-order valence-electron chi connectivity index (χ4n) is 2.12. The first-order valence-electron chi connectivity index (χ1n) is 5.80. The maximum atomic E-state index is 11.4.